The molecule has 0 aliphatic heterocycles. The minimum atomic E-state index is 0.432. The molecule has 0 aliphatic carbocycles. The number of nitrogens with zero attached hydrogens (tertiary/aromatic N) is 1. The molecule has 0 unspecified atom stereocenters. The standard InChI is InChI=1S/C16H28N/c1-16(2,3)12-11-14-7-9-15(10-8-14)13-17(4,5)6/h7-10H,11-13H2,1-6H3/q+1. The van der Waals surface area contributed by atoms with E-state index in [0.717, 1.165) is 11.0 Å². The molecule has 17 heavy (non-hydrogen) atoms. The van der Waals surface area contributed by atoms with Gasteiger partial charge in [-0.3, -0.25) is 0 Å². The van der Waals surface area contributed by atoms with Gasteiger partial charge in [0.15, 0.2) is 0 Å². The van der Waals surface area contributed by atoms with Crippen molar-refractivity contribution in [1.82, 2.24) is 0 Å². The monoisotopic (exact) mass is 234 g/mol. The Morgan fingerprint density at radius 1 is 0.882 bits per heavy atom. The fourth-order valence-electron chi connectivity index (χ4n) is 1.88. The number of rotatable bonds is 4. The maximum atomic E-state index is 2.30. The normalized spacial score (nSPS) is 12.8. The average Bonchev–Trinajstić information content (AvgIpc) is 2.13. The van der Waals surface area contributed by atoms with Crippen LogP contribution >= 0.6 is 0 Å². The first-order valence-electron chi connectivity index (χ1n) is 6.54. The van der Waals surface area contributed by atoms with Crippen molar-refractivity contribution in [1.29, 1.82) is 0 Å². The van der Waals surface area contributed by atoms with Crippen LogP contribution in [-0.2, 0) is 13.0 Å². The smallest absolute Gasteiger partial charge is 0.104 e. The molecule has 0 spiro atoms. The van der Waals surface area contributed by atoms with Gasteiger partial charge in [-0.2, -0.15) is 0 Å². The Morgan fingerprint density at radius 3 is 1.76 bits per heavy atom. The molecule has 1 rings (SSSR count). The van der Waals surface area contributed by atoms with E-state index in [9.17, 15) is 0 Å². The van der Waals surface area contributed by atoms with E-state index in [0.29, 0.717) is 5.41 Å². The fourth-order valence-corrected chi connectivity index (χ4v) is 1.88. The lowest BCUT2D eigenvalue weighted by atomic mass is 9.88. The SMILES string of the molecule is CC(C)(C)CCc1ccc(C[N+](C)(C)C)cc1. The molecule has 1 heteroatoms. The van der Waals surface area contributed by atoms with Crippen LogP contribution < -0.4 is 0 Å². The summed E-state index contributed by atoms with van der Waals surface area (Å²) in [6.45, 7) is 8.01. The topological polar surface area (TPSA) is 0 Å². The molecule has 0 saturated carbocycles. The zero-order chi connectivity index (χ0) is 13.1. The van der Waals surface area contributed by atoms with Crippen molar-refractivity contribution in [2.75, 3.05) is 21.1 Å². The predicted octanol–water partition coefficient (Wildman–Crippen LogP) is 3.87. The predicted molar refractivity (Wildman–Crippen MR) is 76.0 cm³/mol. The lowest BCUT2D eigenvalue weighted by Crippen LogP contribution is -2.33. The van der Waals surface area contributed by atoms with Gasteiger partial charge in [-0.15, -0.1) is 0 Å². The molecule has 1 aromatic carbocycles. The quantitative estimate of drug-likeness (QED) is 0.694. The zero-order valence-corrected chi connectivity index (χ0v) is 12.4. The maximum absolute atomic E-state index is 2.30. The highest BCUT2D eigenvalue weighted by Gasteiger charge is 2.11. The Labute approximate surface area is 107 Å². The van der Waals surface area contributed by atoms with E-state index >= 15 is 0 Å². The summed E-state index contributed by atoms with van der Waals surface area (Å²) in [4.78, 5) is 0. The largest absolute Gasteiger partial charge is 0.327 e. The summed E-state index contributed by atoms with van der Waals surface area (Å²) in [6, 6.07) is 9.14. The van der Waals surface area contributed by atoms with Gasteiger partial charge in [0.05, 0.1) is 21.1 Å². The van der Waals surface area contributed by atoms with E-state index in [1.165, 1.54) is 24.0 Å². The first kappa shape index (κ1) is 14.2. The second-order valence-corrected chi connectivity index (χ2v) is 7.33. The molecule has 0 saturated heterocycles. The first-order chi connectivity index (χ1) is 7.66. The van der Waals surface area contributed by atoms with Gasteiger partial charge in [0.25, 0.3) is 0 Å². The summed E-state index contributed by atoms with van der Waals surface area (Å²) in [5.74, 6) is 0. The van der Waals surface area contributed by atoms with Gasteiger partial charge < -0.3 is 4.48 Å². The third kappa shape index (κ3) is 6.48. The molecule has 0 aliphatic rings. The van der Waals surface area contributed by atoms with Gasteiger partial charge in [-0.05, 0) is 23.8 Å². The summed E-state index contributed by atoms with van der Waals surface area (Å²) in [7, 11) is 6.69. The average molecular weight is 234 g/mol. The van der Waals surface area contributed by atoms with Gasteiger partial charge >= 0.3 is 0 Å². The Hall–Kier alpha value is -0.820. The minimum Gasteiger partial charge on any atom is -0.327 e. The first-order valence-corrected chi connectivity index (χ1v) is 6.54. The molecule has 0 N–H and O–H groups in total. The van der Waals surface area contributed by atoms with Crippen molar-refractivity contribution in [3.05, 3.63) is 35.4 Å². The van der Waals surface area contributed by atoms with Gasteiger partial charge in [0.1, 0.15) is 6.54 Å². The third-order valence-corrected chi connectivity index (χ3v) is 2.84. The highest BCUT2D eigenvalue weighted by atomic mass is 15.3. The number of quaternary nitrogens is 1. The summed E-state index contributed by atoms with van der Waals surface area (Å²) in [5, 5.41) is 0. The maximum Gasteiger partial charge on any atom is 0.104 e. The van der Waals surface area contributed by atoms with Gasteiger partial charge in [-0.1, -0.05) is 45.0 Å². The number of aryl methyl sites for hydroxylation is 1. The van der Waals surface area contributed by atoms with E-state index in [1.807, 2.05) is 0 Å². The Balaban J connectivity index is 2.56. The number of benzene rings is 1. The second-order valence-electron chi connectivity index (χ2n) is 7.33. The van der Waals surface area contributed by atoms with Crippen LogP contribution in [0.4, 0.5) is 0 Å². The lowest BCUT2D eigenvalue weighted by molar-refractivity contribution is -0.884. The number of hydrogen-bond donors (Lipinski definition) is 0. The van der Waals surface area contributed by atoms with Crippen LogP contribution in [0, 0.1) is 5.41 Å². The van der Waals surface area contributed by atoms with Crippen molar-refractivity contribution in [3.8, 4) is 0 Å². The summed E-state index contributed by atoms with van der Waals surface area (Å²) >= 11 is 0. The zero-order valence-electron chi connectivity index (χ0n) is 12.4. The number of hydrogen-bond acceptors (Lipinski definition) is 0. The van der Waals surface area contributed by atoms with Crippen LogP contribution in [0.1, 0.15) is 38.3 Å². The fraction of sp³-hybridized carbons (Fsp3) is 0.625. The molecular formula is C16H28N+. The third-order valence-electron chi connectivity index (χ3n) is 2.84. The van der Waals surface area contributed by atoms with Crippen LogP contribution in [0.15, 0.2) is 24.3 Å². The van der Waals surface area contributed by atoms with Gasteiger partial charge in [0, 0.05) is 5.56 Å². The van der Waals surface area contributed by atoms with Crippen molar-refractivity contribution >= 4 is 0 Å². The van der Waals surface area contributed by atoms with E-state index in [1.54, 1.807) is 0 Å². The lowest BCUT2D eigenvalue weighted by Gasteiger charge is -2.24. The van der Waals surface area contributed by atoms with Crippen LogP contribution in [0.3, 0.4) is 0 Å². The molecule has 1 aromatic rings. The molecule has 0 heterocycles. The highest BCUT2D eigenvalue weighted by Crippen LogP contribution is 2.21. The van der Waals surface area contributed by atoms with Crippen molar-refractivity contribution < 1.29 is 4.48 Å². The minimum absolute atomic E-state index is 0.432. The highest BCUT2D eigenvalue weighted by molar-refractivity contribution is 5.22. The van der Waals surface area contributed by atoms with Crippen molar-refractivity contribution in [2.45, 2.75) is 40.2 Å². The molecule has 0 amide bonds. The molecule has 0 aromatic heterocycles. The van der Waals surface area contributed by atoms with Crippen LogP contribution in [0.5, 0.6) is 0 Å². The molecular weight excluding hydrogens is 206 g/mol. The van der Waals surface area contributed by atoms with Crippen LogP contribution in [0.25, 0.3) is 0 Å². The molecule has 0 atom stereocenters. The van der Waals surface area contributed by atoms with E-state index in [-0.39, 0.29) is 0 Å². The van der Waals surface area contributed by atoms with E-state index in [2.05, 4.69) is 66.2 Å². The van der Waals surface area contributed by atoms with Crippen molar-refractivity contribution in [3.63, 3.8) is 0 Å². The van der Waals surface area contributed by atoms with E-state index < -0.39 is 0 Å². The molecule has 96 valence electrons. The summed E-state index contributed by atoms with van der Waals surface area (Å²) < 4.78 is 0.987. The second kappa shape index (κ2) is 5.22. The summed E-state index contributed by atoms with van der Waals surface area (Å²) in [6.07, 6.45) is 2.44. The summed E-state index contributed by atoms with van der Waals surface area (Å²) in [5.41, 5.74) is 3.32. The van der Waals surface area contributed by atoms with Crippen molar-refractivity contribution in [2.24, 2.45) is 5.41 Å². The van der Waals surface area contributed by atoms with Gasteiger partial charge in [0.2, 0.25) is 0 Å². The molecule has 0 fully saturated rings. The Bertz CT molecular complexity index is 335. The van der Waals surface area contributed by atoms with E-state index in [4.69, 9.17) is 0 Å². The molecule has 0 bridgehead atoms. The van der Waals surface area contributed by atoms with Crippen LogP contribution in [0.2, 0.25) is 0 Å². The van der Waals surface area contributed by atoms with Crippen LogP contribution in [-0.4, -0.2) is 25.6 Å². The Kier molecular flexibility index (Phi) is 4.37. The molecule has 0 radical (unpaired) electrons. The Morgan fingerprint density at radius 2 is 1.35 bits per heavy atom. The molecule has 1 nitrogen and oxygen atoms in total. The van der Waals surface area contributed by atoms with Gasteiger partial charge in [-0.25, -0.2) is 0 Å².